The van der Waals surface area contributed by atoms with E-state index < -0.39 is 0 Å². The molecule has 0 amide bonds. The maximum Gasteiger partial charge on any atom is 0.0998 e. The summed E-state index contributed by atoms with van der Waals surface area (Å²) in [5, 5.41) is 24.3. The molecule has 0 aliphatic carbocycles. The molecule has 0 fully saturated rings. The lowest BCUT2D eigenvalue weighted by Gasteiger charge is -2.32. The summed E-state index contributed by atoms with van der Waals surface area (Å²) in [6, 6.07) is 13.8. The fourth-order valence-electron chi connectivity index (χ4n) is 2.48. The summed E-state index contributed by atoms with van der Waals surface area (Å²) in [4.78, 5) is 0. The third-order valence-corrected chi connectivity index (χ3v) is 4.10. The molecule has 0 radical (unpaired) electrons. The second-order valence-electron chi connectivity index (χ2n) is 5.09. The minimum Gasteiger partial charge on any atom is -0.394 e. The van der Waals surface area contributed by atoms with Crippen LogP contribution in [0.25, 0.3) is 10.8 Å². The molecule has 0 aromatic heterocycles. The van der Waals surface area contributed by atoms with Crippen molar-refractivity contribution in [1.29, 1.82) is 5.26 Å². The quantitative estimate of drug-likeness (QED) is 0.869. The molecule has 0 aliphatic heterocycles. The van der Waals surface area contributed by atoms with Gasteiger partial charge < -0.3 is 10.4 Å². The first-order chi connectivity index (χ1) is 9.69. The number of nitrogens with zero attached hydrogens (tertiary/aromatic N) is 1. The van der Waals surface area contributed by atoms with Gasteiger partial charge in [-0.3, -0.25) is 0 Å². The van der Waals surface area contributed by atoms with Crippen LogP contribution in [0.1, 0.15) is 32.3 Å². The highest BCUT2D eigenvalue weighted by Gasteiger charge is 2.25. The van der Waals surface area contributed by atoms with E-state index in [4.69, 9.17) is 0 Å². The highest BCUT2D eigenvalue weighted by atomic mass is 16.3. The largest absolute Gasteiger partial charge is 0.394 e. The van der Waals surface area contributed by atoms with Gasteiger partial charge in [-0.2, -0.15) is 5.26 Å². The van der Waals surface area contributed by atoms with Crippen molar-refractivity contribution in [3.63, 3.8) is 0 Å². The van der Waals surface area contributed by atoms with Crippen LogP contribution < -0.4 is 5.32 Å². The zero-order chi connectivity index (χ0) is 14.6. The third-order valence-electron chi connectivity index (χ3n) is 4.10. The van der Waals surface area contributed by atoms with Gasteiger partial charge >= 0.3 is 0 Å². The minimum absolute atomic E-state index is 0.0916. The number of nitriles is 1. The monoisotopic (exact) mass is 268 g/mol. The normalized spacial score (nSPS) is 11.3. The van der Waals surface area contributed by atoms with Gasteiger partial charge in [-0.15, -0.1) is 0 Å². The van der Waals surface area contributed by atoms with E-state index in [1.807, 2.05) is 36.4 Å². The maximum atomic E-state index is 9.70. The minimum atomic E-state index is -0.309. The first-order valence-electron chi connectivity index (χ1n) is 7.00. The molecule has 2 rings (SSSR count). The Balaban J connectivity index is 2.54. The number of aliphatic hydroxyl groups is 1. The molecule has 0 unspecified atom stereocenters. The van der Waals surface area contributed by atoms with Crippen LogP contribution in [0.5, 0.6) is 0 Å². The number of benzene rings is 2. The van der Waals surface area contributed by atoms with Crippen molar-refractivity contribution in [2.45, 2.75) is 32.2 Å². The highest BCUT2D eigenvalue weighted by Crippen LogP contribution is 2.30. The van der Waals surface area contributed by atoms with E-state index in [1.165, 1.54) is 0 Å². The zero-order valence-electron chi connectivity index (χ0n) is 12.0. The van der Waals surface area contributed by atoms with Crippen LogP contribution in [0.3, 0.4) is 0 Å². The van der Waals surface area contributed by atoms with Crippen LogP contribution in [0.15, 0.2) is 36.4 Å². The van der Waals surface area contributed by atoms with Crippen LogP contribution in [-0.4, -0.2) is 17.3 Å². The van der Waals surface area contributed by atoms with Gasteiger partial charge in [0.25, 0.3) is 0 Å². The predicted molar refractivity (Wildman–Crippen MR) is 82.7 cm³/mol. The molecule has 0 heterocycles. The number of anilines is 1. The van der Waals surface area contributed by atoms with E-state index in [0.717, 1.165) is 29.3 Å². The molecule has 3 heteroatoms. The first kappa shape index (κ1) is 14.4. The zero-order valence-corrected chi connectivity index (χ0v) is 12.0. The first-order valence-corrected chi connectivity index (χ1v) is 7.00. The summed E-state index contributed by atoms with van der Waals surface area (Å²) in [5.74, 6) is 0. The SMILES string of the molecule is CCC(CC)(CO)Nc1ccc(C#N)c2ccccc12. The Morgan fingerprint density at radius 2 is 1.75 bits per heavy atom. The Labute approximate surface area is 119 Å². The second-order valence-corrected chi connectivity index (χ2v) is 5.09. The van der Waals surface area contributed by atoms with Crippen LogP contribution >= 0.6 is 0 Å². The van der Waals surface area contributed by atoms with Gasteiger partial charge in [0.05, 0.1) is 23.8 Å². The molecule has 3 nitrogen and oxygen atoms in total. The van der Waals surface area contributed by atoms with Crippen molar-refractivity contribution in [1.82, 2.24) is 0 Å². The Morgan fingerprint density at radius 1 is 1.10 bits per heavy atom. The van der Waals surface area contributed by atoms with Crippen LogP contribution in [-0.2, 0) is 0 Å². The standard InChI is InChI=1S/C17H20N2O/c1-3-17(4-2,12-20)19-16-10-9-13(11-18)14-7-5-6-8-15(14)16/h5-10,19-20H,3-4,12H2,1-2H3. The van der Waals surface area contributed by atoms with Gasteiger partial charge in [0, 0.05) is 16.5 Å². The summed E-state index contributed by atoms with van der Waals surface area (Å²) in [7, 11) is 0. The van der Waals surface area contributed by atoms with E-state index in [1.54, 1.807) is 0 Å². The molecule has 2 aromatic carbocycles. The van der Waals surface area contributed by atoms with Crippen molar-refractivity contribution in [2.24, 2.45) is 0 Å². The number of hydrogen-bond acceptors (Lipinski definition) is 3. The van der Waals surface area contributed by atoms with E-state index in [2.05, 4.69) is 25.2 Å². The highest BCUT2D eigenvalue weighted by molar-refractivity contribution is 5.97. The lowest BCUT2D eigenvalue weighted by atomic mass is 9.92. The fourth-order valence-corrected chi connectivity index (χ4v) is 2.48. The Bertz CT molecular complexity index is 631. The number of hydrogen-bond donors (Lipinski definition) is 2. The molecule has 104 valence electrons. The molecule has 2 N–H and O–H groups in total. The summed E-state index contributed by atoms with van der Waals surface area (Å²) in [6.45, 7) is 4.23. The average molecular weight is 268 g/mol. The third kappa shape index (κ3) is 2.48. The molecule has 2 aromatic rings. The smallest absolute Gasteiger partial charge is 0.0998 e. The number of rotatable bonds is 5. The van der Waals surface area contributed by atoms with Crippen molar-refractivity contribution >= 4 is 16.5 Å². The number of fused-ring (bicyclic) bond motifs is 1. The Kier molecular flexibility index (Phi) is 4.26. The molecule has 0 aliphatic rings. The van der Waals surface area contributed by atoms with Gasteiger partial charge in [0.15, 0.2) is 0 Å². The van der Waals surface area contributed by atoms with Crippen molar-refractivity contribution < 1.29 is 5.11 Å². The van der Waals surface area contributed by atoms with Gasteiger partial charge in [0.1, 0.15) is 0 Å². The van der Waals surface area contributed by atoms with E-state index in [9.17, 15) is 10.4 Å². The van der Waals surface area contributed by atoms with Crippen molar-refractivity contribution in [3.05, 3.63) is 42.0 Å². The second kappa shape index (κ2) is 5.94. The number of aliphatic hydroxyl groups excluding tert-OH is 1. The molecule has 0 spiro atoms. The Hall–Kier alpha value is -2.05. The van der Waals surface area contributed by atoms with Crippen LogP contribution in [0.2, 0.25) is 0 Å². The molecule has 20 heavy (non-hydrogen) atoms. The van der Waals surface area contributed by atoms with Crippen LogP contribution in [0, 0.1) is 11.3 Å². The Morgan fingerprint density at radius 3 is 2.30 bits per heavy atom. The fraction of sp³-hybridized carbons (Fsp3) is 0.353. The van der Waals surface area contributed by atoms with Gasteiger partial charge in [-0.25, -0.2) is 0 Å². The molecule has 0 bridgehead atoms. The van der Waals surface area contributed by atoms with Crippen LogP contribution in [0.4, 0.5) is 5.69 Å². The van der Waals surface area contributed by atoms with Crippen molar-refractivity contribution in [3.8, 4) is 6.07 Å². The average Bonchev–Trinajstić information content (AvgIpc) is 2.53. The summed E-state index contributed by atoms with van der Waals surface area (Å²) in [5.41, 5.74) is 1.34. The van der Waals surface area contributed by atoms with Gasteiger partial charge in [-0.1, -0.05) is 38.1 Å². The van der Waals surface area contributed by atoms with E-state index in [0.29, 0.717) is 5.56 Å². The lowest BCUT2D eigenvalue weighted by molar-refractivity contribution is 0.202. The molecular weight excluding hydrogens is 248 g/mol. The topological polar surface area (TPSA) is 56.0 Å². The van der Waals surface area contributed by atoms with Gasteiger partial charge in [-0.05, 0) is 25.0 Å². The molecular formula is C17H20N2O. The molecule has 0 atom stereocenters. The number of nitrogens with one attached hydrogen (secondary N) is 1. The van der Waals surface area contributed by atoms with E-state index in [-0.39, 0.29) is 12.1 Å². The maximum absolute atomic E-state index is 9.70. The van der Waals surface area contributed by atoms with Crippen molar-refractivity contribution in [2.75, 3.05) is 11.9 Å². The molecule has 0 saturated heterocycles. The lowest BCUT2D eigenvalue weighted by Crippen LogP contribution is -2.40. The summed E-state index contributed by atoms with van der Waals surface area (Å²) in [6.07, 6.45) is 1.68. The predicted octanol–water partition coefficient (Wildman–Crippen LogP) is 3.67. The van der Waals surface area contributed by atoms with E-state index >= 15 is 0 Å². The van der Waals surface area contributed by atoms with Gasteiger partial charge in [0.2, 0.25) is 0 Å². The summed E-state index contributed by atoms with van der Waals surface area (Å²) < 4.78 is 0. The summed E-state index contributed by atoms with van der Waals surface area (Å²) >= 11 is 0. The molecule has 0 saturated carbocycles.